The molecule has 3 aromatic carbocycles. The minimum Gasteiger partial charge on any atom is -0.497 e. The molecule has 0 unspecified atom stereocenters. The van der Waals surface area contributed by atoms with E-state index in [0.29, 0.717) is 12.2 Å². The summed E-state index contributed by atoms with van der Waals surface area (Å²) in [5, 5.41) is 4.06. The zero-order valence-corrected chi connectivity index (χ0v) is 17.0. The maximum Gasteiger partial charge on any atom is 0.268 e. The minimum absolute atomic E-state index is 0.102. The number of hydrogen-bond donors (Lipinski definition) is 2. The van der Waals surface area contributed by atoms with Crippen molar-refractivity contribution in [3.63, 3.8) is 0 Å². The van der Waals surface area contributed by atoms with Crippen molar-refractivity contribution in [2.45, 2.75) is 16.2 Å². The van der Waals surface area contributed by atoms with Gasteiger partial charge >= 0.3 is 0 Å². The van der Waals surface area contributed by atoms with E-state index in [4.69, 9.17) is 4.74 Å². The summed E-state index contributed by atoms with van der Waals surface area (Å²) >= 11 is 1.59. The summed E-state index contributed by atoms with van der Waals surface area (Å²) in [4.78, 5) is 18.3. The van der Waals surface area contributed by atoms with Crippen molar-refractivity contribution >= 4 is 28.6 Å². The number of H-pyrrole nitrogens is 1. The third-order valence-electron chi connectivity index (χ3n) is 4.69. The Balaban J connectivity index is 1.60. The molecule has 4 nitrogen and oxygen atoms in total. The van der Waals surface area contributed by atoms with Gasteiger partial charge in [0.15, 0.2) is 0 Å². The fraction of sp³-hybridized carbons (Fsp3) is 0.125. The Labute approximate surface area is 174 Å². The highest BCUT2D eigenvalue weighted by molar-refractivity contribution is 7.99. The summed E-state index contributed by atoms with van der Waals surface area (Å²) in [5.41, 5.74) is 2.67. The molecule has 0 radical (unpaired) electrons. The SMILES string of the molecule is COc1ccc2c(Sc3ccccc3)c(C(=O)NCCc3ccccc3)[nH]c2c1. The molecule has 0 atom stereocenters. The van der Waals surface area contributed by atoms with Crippen LogP contribution in [0.4, 0.5) is 0 Å². The summed E-state index contributed by atoms with van der Waals surface area (Å²) in [6, 6.07) is 26.1. The van der Waals surface area contributed by atoms with E-state index in [1.54, 1.807) is 18.9 Å². The van der Waals surface area contributed by atoms with Crippen LogP contribution in [0.3, 0.4) is 0 Å². The monoisotopic (exact) mass is 402 g/mol. The van der Waals surface area contributed by atoms with Crippen molar-refractivity contribution in [3.05, 3.63) is 90.1 Å². The molecule has 0 aliphatic carbocycles. The molecule has 2 N–H and O–H groups in total. The van der Waals surface area contributed by atoms with Crippen molar-refractivity contribution in [1.29, 1.82) is 0 Å². The van der Waals surface area contributed by atoms with Crippen LogP contribution in [0.5, 0.6) is 5.75 Å². The summed E-state index contributed by atoms with van der Waals surface area (Å²) in [6.07, 6.45) is 0.793. The van der Waals surface area contributed by atoms with Crippen LogP contribution >= 0.6 is 11.8 Å². The van der Waals surface area contributed by atoms with Gasteiger partial charge in [-0.05, 0) is 36.2 Å². The number of fused-ring (bicyclic) bond motifs is 1. The van der Waals surface area contributed by atoms with E-state index in [1.807, 2.05) is 66.7 Å². The molecule has 1 heterocycles. The number of methoxy groups -OCH3 is 1. The van der Waals surface area contributed by atoms with Crippen LogP contribution in [0.1, 0.15) is 16.1 Å². The number of rotatable bonds is 7. The van der Waals surface area contributed by atoms with Gasteiger partial charge in [-0.3, -0.25) is 4.79 Å². The molecule has 0 aliphatic heterocycles. The Bertz CT molecular complexity index is 1110. The third kappa shape index (κ3) is 4.46. The molecule has 146 valence electrons. The van der Waals surface area contributed by atoms with E-state index in [0.717, 1.165) is 32.9 Å². The number of aromatic amines is 1. The molecule has 29 heavy (non-hydrogen) atoms. The molecule has 0 saturated heterocycles. The Kier molecular flexibility index (Phi) is 5.86. The average Bonchev–Trinajstić information content (AvgIpc) is 3.12. The van der Waals surface area contributed by atoms with Crippen molar-refractivity contribution in [1.82, 2.24) is 10.3 Å². The number of aromatic nitrogens is 1. The zero-order valence-electron chi connectivity index (χ0n) is 16.1. The largest absolute Gasteiger partial charge is 0.497 e. The van der Waals surface area contributed by atoms with Crippen LogP contribution in [0.2, 0.25) is 0 Å². The van der Waals surface area contributed by atoms with Gasteiger partial charge < -0.3 is 15.0 Å². The average molecular weight is 403 g/mol. The zero-order chi connectivity index (χ0) is 20.1. The predicted molar refractivity (Wildman–Crippen MR) is 118 cm³/mol. The second-order valence-corrected chi connectivity index (χ2v) is 7.73. The third-order valence-corrected chi connectivity index (χ3v) is 5.83. The lowest BCUT2D eigenvalue weighted by Gasteiger charge is -2.07. The van der Waals surface area contributed by atoms with Crippen LogP contribution in [0, 0.1) is 0 Å². The van der Waals surface area contributed by atoms with Crippen molar-refractivity contribution in [2.24, 2.45) is 0 Å². The second kappa shape index (κ2) is 8.88. The lowest BCUT2D eigenvalue weighted by molar-refractivity contribution is 0.0947. The molecule has 0 spiro atoms. The second-order valence-electron chi connectivity index (χ2n) is 6.65. The highest BCUT2D eigenvalue weighted by Crippen LogP contribution is 2.37. The number of benzene rings is 3. The molecule has 1 amide bonds. The fourth-order valence-corrected chi connectivity index (χ4v) is 4.27. The fourth-order valence-electron chi connectivity index (χ4n) is 3.20. The minimum atomic E-state index is -0.102. The molecule has 0 fully saturated rings. The molecule has 1 aromatic heterocycles. The predicted octanol–water partition coefficient (Wildman–Crippen LogP) is 5.30. The van der Waals surface area contributed by atoms with E-state index in [-0.39, 0.29) is 5.91 Å². The Morgan fingerprint density at radius 2 is 1.72 bits per heavy atom. The highest BCUT2D eigenvalue weighted by atomic mass is 32.2. The smallest absolute Gasteiger partial charge is 0.268 e. The number of ether oxygens (including phenoxy) is 1. The number of amides is 1. The van der Waals surface area contributed by atoms with Gasteiger partial charge in [-0.1, -0.05) is 60.3 Å². The summed E-state index contributed by atoms with van der Waals surface area (Å²) in [6.45, 7) is 0.580. The van der Waals surface area contributed by atoms with Crippen LogP contribution in [-0.2, 0) is 6.42 Å². The molecule has 4 aromatic rings. The van der Waals surface area contributed by atoms with Gasteiger partial charge in [0.2, 0.25) is 0 Å². The standard InChI is InChI=1S/C24H22N2O2S/c1-28-18-12-13-20-21(16-18)26-22(23(20)29-19-10-6-3-7-11-19)24(27)25-15-14-17-8-4-2-5-9-17/h2-13,16,26H,14-15H2,1H3,(H,25,27). The van der Waals surface area contributed by atoms with Gasteiger partial charge in [-0.2, -0.15) is 0 Å². The van der Waals surface area contributed by atoms with Crippen molar-refractivity contribution < 1.29 is 9.53 Å². The van der Waals surface area contributed by atoms with E-state index in [2.05, 4.69) is 22.4 Å². The topological polar surface area (TPSA) is 54.1 Å². The Morgan fingerprint density at radius 3 is 2.45 bits per heavy atom. The van der Waals surface area contributed by atoms with Crippen LogP contribution in [0.25, 0.3) is 10.9 Å². The van der Waals surface area contributed by atoms with Gasteiger partial charge in [0.05, 0.1) is 17.5 Å². The molecule has 0 saturated carbocycles. The first-order valence-corrected chi connectivity index (χ1v) is 10.3. The number of nitrogens with one attached hydrogen (secondary N) is 2. The van der Waals surface area contributed by atoms with Gasteiger partial charge in [-0.25, -0.2) is 0 Å². The normalized spacial score (nSPS) is 10.8. The van der Waals surface area contributed by atoms with Crippen LogP contribution in [0.15, 0.2) is 88.7 Å². The highest BCUT2D eigenvalue weighted by Gasteiger charge is 2.19. The van der Waals surface area contributed by atoms with Crippen LogP contribution < -0.4 is 10.1 Å². The Hall–Kier alpha value is -3.18. The van der Waals surface area contributed by atoms with Crippen molar-refractivity contribution in [2.75, 3.05) is 13.7 Å². The van der Waals surface area contributed by atoms with Gasteiger partial charge in [0.25, 0.3) is 5.91 Å². The number of carbonyl (C=O) groups is 1. The first kappa shape index (κ1) is 19.2. The van der Waals surface area contributed by atoms with Gasteiger partial charge in [-0.15, -0.1) is 0 Å². The molecule has 0 aliphatic rings. The Morgan fingerprint density at radius 1 is 1.00 bits per heavy atom. The summed E-state index contributed by atoms with van der Waals surface area (Å²) in [5.74, 6) is 0.653. The van der Waals surface area contributed by atoms with Gasteiger partial charge in [0, 0.05) is 22.9 Å². The maximum atomic E-state index is 13.0. The molecular weight excluding hydrogens is 380 g/mol. The molecule has 4 rings (SSSR count). The number of carbonyl (C=O) groups excluding carboxylic acids is 1. The van der Waals surface area contributed by atoms with E-state index < -0.39 is 0 Å². The van der Waals surface area contributed by atoms with E-state index >= 15 is 0 Å². The van der Waals surface area contributed by atoms with Gasteiger partial charge in [0.1, 0.15) is 11.4 Å². The lowest BCUT2D eigenvalue weighted by Crippen LogP contribution is -2.26. The summed E-state index contributed by atoms with van der Waals surface area (Å²) in [7, 11) is 1.64. The molecule has 0 bridgehead atoms. The maximum absolute atomic E-state index is 13.0. The van der Waals surface area contributed by atoms with Crippen LogP contribution in [-0.4, -0.2) is 24.5 Å². The van der Waals surface area contributed by atoms with E-state index in [1.165, 1.54) is 5.56 Å². The molecular formula is C24H22N2O2S. The lowest BCUT2D eigenvalue weighted by atomic mass is 10.1. The quantitative estimate of drug-likeness (QED) is 0.441. The first-order valence-electron chi connectivity index (χ1n) is 9.49. The van der Waals surface area contributed by atoms with Crippen molar-refractivity contribution in [3.8, 4) is 5.75 Å². The first-order chi connectivity index (χ1) is 14.2. The summed E-state index contributed by atoms with van der Waals surface area (Å²) < 4.78 is 5.34. The van der Waals surface area contributed by atoms with E-state index in [9.17, 15) is 4.79 Å². The number of hydrogen-bond acceptors (Lipinski definition) is 3. The molecule has 5 heteroatoms.